The lowest BCUT2D eigenvalue weighted by atomic mass is 9.93. The van der Waals surface area contributed by atoms with Crippen LogP contribution in [0.4, 0.5) is 0 Å². The first-order chi connectivity index (χ1) is 9.15. The first-order valence-corrected chi connectivity index (χ1v) is 7.19. The lowest BCUT2D eigenvalue weighted by Gasteiger charge is -2.14. The minimum atomic E-state index is 0.307. The van der Waals surface area contributed by atoms with Crippen molar-refractivity contribution >= 4 is 0 Å². The van der Waals surface area contributed by atoms with E-state index in [1.807, 2.05) is 27.7 Å². The Morgan fingerprint density at radius 3 is 2.16 bits per heavy atom. The number of ether oxygens (including phenoxy) is 2. The molecule has 1 aromatic carbocycles. The summed E-state index contributed by atoms with van der Waals surface area (Å²) < 4.78 is 10.6. The highest BCUT2D eigenvalue weighted by Crippen LogP contribution is 2.33. The molecule has 1 N–H and O–H groups in total. The van der Waals surface area contributed by atoms with Crippen LogP contribution in [0.25, 0.3) is 0 Å². The molecule has 3 nitrogen and oxygen atoms in total. The molecule has 0 amide bonds. The van der Waals surface area contributed by atoms with Gasteiger partial charge in [-0.05, 0) is 30.5 Å². The standard InChI is InChI=1S/C14H18O3.C2H6/c1-8-3-10(4-11-6-16-11)13(5-12-7-17-12)14(15)9(8)2;1-2/h3,11-12,15H,4-7H2,1-2H3;1-2H3. The zero-order valence-electron chi connectivity index (χ0n) is 12.3. The Morgan fingerprint density at radius 1 is 1.11 bits per heavy atom. The van der Waals surface area contributed by atoms with Gasteiger partial charge in [0.2, 0.25) is 0 Å². The third-order valence-corrected chi connectivity index (χ3v) is 3.70. The summed E-state index contributed by atoms with van der Waals surface area (Å²) >= 11 is 0. The predicted octanol–water partition coefficient (Wildman–Crippen LogP) is 2.92. The fourth-order valence-corrected chi connectivity index (χ4v) is 2.28. The number of aryl methyl sites for hydroxylation is 1. The maximum atomic E-state index is 10.3. The Bertz CT molecular complexity index is 446. The Labute approximate surface area is 115 Å². The van der Waals surface area contributed by atoms with Gasteiger partial charge in [0.1, 0.15) is 5.75 Å². The molecule has 2 atom stereocenters. The minimum Gasteiger partial charge on any atom is -0.507 e. The van der Waals surface area contributed by atoms with Gasteiger partial charge < -0.3 is 14.6 Å². The fourth-order valence-electron chi connectivity index (χ4n) is 2.28. The van der Waals surface area contributed by atoms with Crippen LogP contribution in [0.2, 0.25) is 0 Å². The predicted molar refractivity (Wildman–Crippen MR) is 75.8 cm³/mol. The van der Waals surface area contributed by atoms with Gasteiger partial charge >= 0.3 is 0 Å². The van der Waals surface area contributed by atoms with Crippen molar-refractivity contribution in [3.8, 4) is 5.75 Å². The second-order valence-corrected chi connectivity index (χ2v) is 5.12. The molecule has 2 fully saturated rings. The van der Waals surface area contributed by atoms with Crippen LogP contribution in [0, 0.1) is 13.8 Å². The fraction of sp³-hybridized carbons (Fsp3) is 0.625. The number of hydrogen-bond acceptors (Lipinski definition) is 3. The van der Waals surface area contributed by atoms with Gasteiger partial charge in [0.15, 0.2) is 0 Å². The molecule has 2 aliphatic rings. The molecule has 2 aliphatic heterocycles. The third-order valence-electron chi connectivity index (χ3n) is 3.70. The van der Waals surface area contributed by atoms with Gasteiger partial charge in [-0.15, -0.1) is 0 Å². The quantitative estimate of drug-likeness (QED) is 0.850. The van der Waals surface area contributed by atoms with Gasteiger partial charge in [-0.3, -0.25) is 0 Å². The van der Waals surface area contributed by atoms with Crippen molar-refractivity contribution in [2.24, 2.45) is 0 Å². The molecule has 106 valence electrons. The summed E-state index contributed by atoms with van der Waals surface area (Å²) in [5.74, 6) is 0.455. The summed E-state index contributed by atoms with van der Waals surface area (Å²) in [6, 6.07) is 2.19. The molecule has 2 unspecified atom stereocenters. The molecule has 2 heterocycles. The smallest absolute Gasteiger partial charge is 0.122 e. The topological polar surface area (TPSA) is 45.3 Å². The van der Waals surface area contributed by atoms with Crippen molar-refractivity contribution in [1.29, 1.82) is 0 Å². The van der Waals surface area contributed by atoms with Crippen LogP contribution in [0.3, 0.4) is 0 Å². The summed E-state index contributed by atoms with van der Waals surface area (Å²) in [6.07, 6.45) is 2.41. The molecule has 19 heavy (non-hydrogen) atoms. The van der Waals surface area contributed by atoms with Crippen molar-refractivity contribution in [3.05, 3.63) is 28.3 Å². The van der Waals surface area contributed by atoms with E-state index in [2.05, 4.69) is 6.07 Å². The molecule has 0 radical (unpaired) electrons. The Morgan fingerprint density at radius 2 is 1.63 bits per heavy atom. The first-order valence-electron chi connectivity index (χ1n) is 7.19. The Hall–Kier alpha value is -1.06. The van der Waals surface area contributed by atoms with E-state index in [9.17, 15) is 5.11 Å². The molecule has 0 saturated carbocycles. The maximum absolute atomic E-state index is 10.3. The molecule has 0 aliphatic carbocycles. The Balaban J connectivity index is 0.000000637. The summed E-state index contributed by atoms with van der Waals surface area (Å²) in [6.45, 7) is 9.70. The van der Waals surface area contributed by atoms with E-state index in [1.54, 1.807) is 0 Å². The molecule has 0 spiro atoms. The molecule has 1 aromatic rings. The van der Waals surface area contributed by atoms with Gasteiger partial charge in [0, 0.05) is 18.4 Å². The number of rotatable bonds is 4. The lowest BCUT2D eigenvalue weighted by molar-refractivity contribution is 0.395. The average Bonchev–Trinajstić information content (AvgIpc) is 3.29. The second-order valence-electron chi connectivity index (χ2n) is 5.12. The largest absolute Gasteiger partial charge is 0.507 e. The SMILES string of the molecule is CC.Cc1cc(CC2CO2)c(CC2CO2)c(O)c1C. The normalized spacial score (nSPS) is 23.6. The van der Waals surface area contributed by atoms with Gasteiger partial charge in [-0.2, -0.15) is 0 Å². The highest BCUT2D eigenvalue weighted by Gasteiger charge is 2.29. The summed E-state index contributed by atoms with van der Waals surface area (Å²) in [7, 11) is 0. The van der Waals surface area contributed by atoms with Crippen LogP contribution >= 0.6 is 0 Å². The highest BCUT2D eigenvalue weighted by atomic mass is 16.6. The summed E-state index contributed by atoms with van der Waals surface area (Å²) in [5, 5.41) is 10.3. The van der Waals surface area contributed by atoms with Gasteiger partial charge in [-0.25, -0.2) is 0 Å². The van der Waals surface area contributed by atoms with E-state index in [-0.39, 0.29) is 0 Å². The van der Waals surface area contributed by atoms with E-state index in [0.717, 1.165) is 42.7 Å². The monoisotopic (exact) mass is 264 g/mol. The van der Waals surface area contributed by atoms with E-state index >= 15 is 0 Å². The van der Waals surface area contributed by atoms with Crippen LogP contribution in [-0.4, -0.2) is 30.5 Å². The van der Waals surface area contributed by atoms with Crippen LogP contribution < -0.4 is 0 Å². The van der Waals surface area contributed by atoms with Gasteiger partial charge in [0.05, 0.1) is 25.4 Å². The van der Waals surface area contributed by atoms with Crippen LogP contribution in [0.1, 0.15) is 36.1 Å². The molecule has 3 heteroatoms. The zero-order chi connectivity index (χ0) is 14.0. The molecule has 0 bridgehead atoms. The third kappa shape index (κ3) is 3.48. The Kier molecular flexibility index (Phi) is 4.48. The molecule has 0 aromatic heterocycles. The number of hydrogen-bond donors (Lipinski definition) is 1. The number of benzene rings is 1. The van der Waals surface area contributed by atoms with Crippen molar-refractivity contribution in [2.75, 3.05) is 13.2 Å². The lowest BCUT2D eigenvalue weighted by Crippen LogP contribution is -2.05. The van der Waals surface area contributed by atoms with E-state index in [4.69, 9.17) is 9.47 Å². The molecule has 2 saturated heterocycles. The highest BCUT2D eigenvalue weighted by molar-refractivity contribution is 5.50. The van der Waals surface area contributed by atoms with Crippen molar-refractivity contribution in [1.82, 2.24) is 0 Å². The number of epoxide rings is 2. The van der Waals surface area contributed by atoms with Gasteiger partial charge in [-0.1, -0.05) is 19.9 Å². The number of phenols is 1. The molecular weight excluding hydrogens is 240 g/mol. The number of aromatic hydroxyl groups is 1. The summed E-state index contributed by atoms with van der Waals surface area (Å²) in [4.78, 5) is 0. The first kappa shape index (κ1) is 14.4. The average molecular weight is 264 g/mol. The van der Waals surface area contributed by atoms with E-state index in [0.29, 0.717) is 18.0 Å². The van der Waals surface area contributed by atoms with Crippen molar-refractivity contribution in [2.45, 2.75) is 52.7 Å². The van der Waals surface area contributed by atoms with Crippen molar-refractivity contribution < 1.29 is 14.6 Å². The second kappa shape index (κ2) is 5.93. The van der Waals surface area contributed by atoms with Gasteiger partial charge in [0.25, 0.3) is 0 Å². The molecular formula is C16H24O3. The number of phenolic OH excluding ortho intramolecular Hbond substituents is 1. The van der Waals surface area contributed by atoms with Crippen LogP contribution in [0.5, 0.6) is 5.75 Å². The zero-order valence-corrected chi connectivity index (χ0v) is 12.3. The minimum absolute atomic E-state index is 0.307. The molecule has 3 rings (SSSR count). The van der Waals surface area contributed by atoms with Crippen LogP contribution in [0.15, 0.2) is 6.07 Å². The maximum Gasteiger partial charge on any atom is 0.122 e. The summed E-state index contributed by atoms with van der Waals surface area (Å²) in [5.41, 5.74) is 4.43. The van der Waals surface area contributed by atoms with Crippen molar-refractivity contribution in [3.63, 3.8) is 0 Å². The van der Waals surface area contributed by atoms with Crippen LogP contribution in [-0.2, 0) is 22.3 Å². The van der Waals surface area contributed by atoms with E-state index in [1.165, 1.54) is 5.56 Å². The van der Waals surface area contributed by atoms with E-state index < -0.39 is 0 Å².